The lowest BCUT2D eigenvalue weighted by Gasteiger charge is -2.05. The van der Waals surface area contributed by atoms with Crippen molar-refractivity contribution in [1.29, 1.82) is 0 Å². The first kappa shape index (κ1) is 14.8. The van der Waals surface area contributed by atoms with E-state index in [4.69, 9.17) is 5.73 Å². The topological polar surface area (TPSA) is 55.1 Å². The first-order valence-corrected chi connectivity index (χ1v) is 6.15. The van der Waals surface area contributed by atoms with Crippen molar-refractivity contribution >= 4 is 52.3 Å². The highest BCUT2D eigenvalue weighted by molar-refractivity contribution is 14.1. The second-order valence-electron chi connectivity index (χ2n) is 3.59. The molecule has 3 N–H and O–H groups in total. The Hall–Kier alpha value is -1.27. The SMILES string of the molecule is Cl.Nc1ccc(NC(=O)c2cccc(I)c2)cc1. The van der Waals surface area contributed by atoms with Crippen LogP contribution in [-0.4, -0.2) is 5.91 Å². The Kier molecular flexibility index (Phi) is 5.43. The van der Waals surface area contributed by atoms with Crippen LogP contribution in [0.25, 0.3) is 0 Å². The maximum Gasteiger partial charge on any atom is 0.255 e. The van der Waals surface area contributed by atoms with Crippen molar-refractivity contribution in [2.45, 2.75) is 0 Å². The fourth-order valence-electron chi connectivity index (χ4n) is 1.40. The number of benzene rings is 2. The lowest BCUT2D eigenvalue weighted by Crippen LogP contribution is -2.11. The number of hydrogen-bond donors (Lipinski definition) is 2. The van der Waals surface area contributed by atoms with E-state index in [-0.39, 0.29) is 18.3 Å². The molecule has 5 heteroatoms. The van der Waals surface area contributed by atoms with Crippen LogP contribution < -0.4 is 11.1 Å². The van der Waals surface area contributed by atoms with E-state index in [9.17, 15) is 4.79 Å². The van der Waals surface area contributed by atoms with Gasteiger partial charge in [-0.1, -0.05) is 6.07 Å². The number of nitrogens with one attached hydrogen (secondary N) is 1. The molecule has 3 nitrogen and oxygen atoms in total. The summed E-state index contributed by atoms with van der Waals surface area (Å²) in [5, 5.41) is 2.81. The molecule has 94 valence electrons. The molecule has 0 aliphatic heterocycles. The third-order valence-corrected chi connectivity index (χ3v) is 2.93. The molecule has 0 aliphatic carbocycles. The molecule has 0 atom stereocenters. The van der Waals surface area contributed by atoms with Gasteiger partial charge in [0, 0.05) is 20.5 Å². The summed E-state index contributed by atoms with van der Waals surface area (Å²) in [6.07, 6.45) is 0. The Morgan fingerprint density at radius 2 is 1.78 bits per heavy atom. The van der Waals surface area contributed by atoms with Crippen LogP contribution in [0.15, 0.2) is 48.5 Å². The number of rotatable bonds is 2. The van der Waals surface area contributed by atoms with E-state index in [0.29, 0.717) is 11.3 Å². The van der Waals surface area contributed by atoms with Crippen molar-refractivity contribution in [1.82, 2.24) is 0 Å². The molecule has 1 amide bonds. The van der Waals surface area contributed by atoms with Crippen molar-refractivity contribution in [3.63, 3.8) is 0 Å². The smallest absolute Gasteiger partial charge is 0.255 e. The van der Waals surface area contributed by atoms with Crippen LogP contribution in [0.2, 0.25) is 0 Å². The normalized spacial score (nSPS) is 9.39. The molecule has 0 unspecified atom stereocenters. The van der Waals surface area contributed by atoms with Gasteiger partial charge in [0.1, 0.15) is 0 Å². The van der Waals surface area contributed by atoms with Crippen LogP contribution in [0.1, 0.15) is 10.4 Å². The quantitative estimate of drug-likeness (QED) is 0.624. The molecular weight excluding hydrogens is 363 g/mol. The first-order valence-electron chi connectivity index (χ1n) is 5.07. The molecule has 2 aromatic carbocycles. The summed E-state index contributed by atoms with van der Waals surface area (Å²) >= 11 is 2.18. The summed E-state index contributed by atoms with van der Waals surface area (Å²) < 4.78 is 1.03. The summed E-state index contributed by atoms with van der Waals surface area (Å²) in [5.41, 5.74) is 7.64. The molecule has 18 heavy (non-hydrogen) atoms. The van der Waals surface area contributed by atoms with Gasteiger partial charge < -0.3 is 11.1 Å². The summed E-state index contributed by atoms with van der Waals surface area (Å²) in [4.78, 5) is 11.9. The Balaban J connectivity index is 0.00000162. The number of carbonyl (C=O) groups is 1. The van der Waals surface area contributed by atoms with Crippen molar-refractivity contribution in [2.75, 3.05) is 11.1 Å². The fraction of sp³-hybridized carbons (Fsp3) is 0. The largest absolute Gasteiger partial charge is 0.399 e. The van der Waals surface area contributed by atoms with Gasteiger partial charge in [-0.25, -0.2) is 0 Å². The van der Waals surface area contributed by atoms with Gasteiger partial charge in [0.25, 0.3) is 5.91 Å². The highest BCUT2D eigenvalue weighted by atomic mass is 127. The predicted molar refractivity (Wildman–Crippen MR) is 85.2 cm³/mol. The summed E-state index contributed by atoms with van der Waals surface area (Å²) in [6, 6.07) is 14.5. The van der Waals surface area contributed by atoms with Crippen molar-refractivity contribution < 1.29 is 4.79 Å². The zero-order valence-electron chi connectivity index (χ0n) is 9.39. The number of nitrogen functional groups attached to an aromatic ring is 1. The van der Waals surface area contributed by atoms with Crippen LogP contribution >= 0.6 is 35.0 Å². The molecule has 0 spiro atoms. The number of carbonyl (C=O) groups excluding carboxylic acids is 1. The van der Waals surface area contributed by atoms with Gasteiger partial charge in [0.2, 0.25) is 0 Å². The van der Waals surface area contributed by atoms with Gasteiger partial charge in [-0.3, -0.25) is 4.79 Å². The van der Waals surface area contributed by atoms with E-state index in [2.05, 4.69) is 27.9 Å². The van der Waals surface area contributed by atoms with Gasteiger partial charge in [-0.15, -0.1) is 12.4 Å². The third-order valence-electron chi connectivity index (χ3n) is 2.26. The minimum atomic E-state index is -0.117. The molecule has 0 aliphatic rings. The second kappa shape index (κ2) is 6.61. The summed E-state index contributed by atoms with van der Waals surface area (Å²) in [5.74, 6) is -0.117. The summed E-state index contributed by atoms with van der Waals surface area (Å²) in [7, 11) is 0. The predicted octanol–water partition coefficient (Wildman–Crippen LogP) is 3.55. The molecule has 0 saturated carbocycles. The van der Waals surface area contributed by atoms with Crippen LogP contribution in [0, 0.1) is 3.57 Å². The second-order valence-corrected chi connectivity index (χ2v) is 4.83. The monoisotopic (exact) mass is 374 g/mol. The van der Waals surface area contributed by atoms with E-state index < -0.39 is 0 Å². The minimum absolute atomic E-state index is 0. The van der Waals surface area contributed by atoms with E-state index in [1.807, 2.05) is 18.2 Å². The van der Waals surface area contributed by atoms with Gasteiger partial charge in [-0.2, -0.15) is 0 Å². The number of hydrogen-bond acceptors (Lipinski definition) is 2. The van der Waals surface area contributed by atoms with Gasteiger partial charge >= 0.3 is 0 Å². The number of anilines is 2. The van der Waals surface area contributed by atoms with Gasteiger partial charge in [-0.05, 0) is 65.1 Å². The molecule has 0 saturated heterocycles. The van der Waals surface area contributed by atoms with Crippen LogP contribution in [-0.2, 0) is 0 Å². The number of amides is 1. The number of halogens is 2. The zero-order valence-corrected chi connectivity index (χ0v) is 12.4. The van der Waals surface area contributed by atoms with Gasteiger partial charge in [0.15, 0.2) is 0 Å². The van der Waals surface area contributed by atoms with Crippen molar-refractivity contribution in [2.24, 2.45) is 0 Å². The molecule has 2 rings (SSSR count). The highest BCUT2D eigenvalue weighted by Gasteiger charge is 2.05. The molecule has 0 fully saturated rings. The Morgan fingerprint density at radius 1 is 1.11 bits per heavy atom. The number of nitrogens with two attached hydrogens (primary N) is 1. The third kappa shape index (κ3) is 3.89. The summed E-state index contributed by atoms with van der Waals surface area (Å²) in [6.45, 7) is 0. The fourth-order valence-corrected chi connectivity index (χ4v) is 1.94. The molecule has 2 aromatic rings. The molecular formula is C13H12ClIN2O. The first-order chi connectivity index (χ1) is 8.15. The van der Waals surface area contributed by atoms with Crippen molar-refractivity contribution in [3.05, 3.63) is 57.7 Å². The average Bonchev–Trinajstić information content (AvgIpc) is 2.32. The van der Waals surface area contributed by atoms with Crippen LogP contribution in [0.5, 0.6) is 0 Å². The van der Waals surface area contributed by atoms with E-state index in [1.165, 1.54) is 0 Å². The lowest BCUT2D eigenvalue weighted by atomic mass is 10.2. The molecule has 0 radical (unpaired) electrons. The minimum Gasteiger partial charge on any atom is -0.399 e. The van der Waals surface area contributed by atoms with E-state index in [1.54, 1.807) is 30.3 Å². The highest BCUT2D eigenvalue weighted by Crippen LogP contribution is 2.13. The Labute approximate surface area is 125 Å². The molecule has 0 aromatic heterocycles. The van der Waals surface area contributed by atoms with Gasteiger partial charge in [0.05, 0.1) is 0 Å². The molecule has 0 heterocycles. The Morgan fingerprint density at radius 3 is 2.39 bits per heavy atom. The average molecular weight is 375 g/mol. The van der Waals surface area contributed by atoms with E-state index in [0.717, 1.165) is 9.26 Å². The van der Waals surface area contributed by atoms with Crippen molar-refractivity contribution in [3.8, 4) is 0 Å². The molecule has 0 bridgehead atoms. The standard InChI is InChI=1S/C13H11IN2O.ClH/c14-10-3-1-2-9(8-10)13(17)16-12-6-4-11(15)5-7-12;/h1-8H,15H2,(H,16,17);1H. The lowest BCUT2D eigenvalue weighted by molar-refractivity contribution is 0.102. The zero-order chi connectivity index (χ0) is 12.3. The van der Waals surface area contributed by atoms with Crippen LogP contribution in [0.4, 0.5) is 11.4 Å². The maximum absolute atomic E-state index is 11.9. The maximum atomic E-state index is 11.9. The van der Waals surface area contributed by atoms with Crippen LogP contribution in [0.3, 0.4) is 0 Å². The van der Waals surface area contributed by atoms with E-state index >= 15 is 0 Å². The Bertz CT molecular complexity index is 543.